The lowest BCUT2D eigenvalue weighted by Gasteiger charge is -2.22. The molecule has 2 fully saturated rings. The van der Waals surface area contributed by atoms with E-state index in [9.17, 15) is 13.6 Å². The van der Waals surface area contributed by atoms with E-state index >= 15 is 0 Å². The highest BCUT2D eigenvalue weighted by molar-refractivity contribution is 6.10. The Morgan fingerprint density at radius 1 is 1.13 bits per heavy atom. The van der Waals surface area contributed by atoms with Gasteiger partial charge in [-0.2, -0.15) is 10.1 Å². The summed E-state index contributed by atoms with van der Waals surface area (Å²) in [7, 11) is 3.02. The summed E-state index contributed by atoms with van der Waals surface area (Å²) in [5.41, 5.74) is 4.95. The molecule has 0 saturated heterocycles. The van der Waals surface area contributed by atoms with E-state index in [0.717, 1.165) is 35.7 Å². The van der Waals surface area contributed by atoms with Crippen molar-refractivity contribution in [3.63, 3.8) is 0 Å². The first-order chi connectivity index (χ1) is 18.7. The number of imidazole rings is 1. The molecule has 0 bridgehead atoms. The number of alkyl halides is 2. The van der Waals surface area contributed by atoms with Gasteiger partial charge in [-0.15, -0.1) is 0 Å². The first-order valence-corrected chi connectivity index (χ1v) is 12.9. The summed E-state index contributed by atoms with van der Waals surface area (Å²) >= 11 is 0. The molecule has 2 aliphatic carbocycles. The summed E-state index contributed by atoms with van der Waals surface area (Å²) in [6, 6.07) is 8.15. The number of halogens is 2. The Labute approximate surface area is 222 Å². The molecule has 1 spiro atoms. The van der Waals surface area contributed by atoms with Crippen LogP contribution in [0.2, 0.25) is 0 Å². The number of rotatable bonds is 7. The number of carbonyl (C=O) groups is 1. The molecule has 1 aliphatic heterocycles. The second-order valence-corrected chi connectivity index (χ2v) is 10.7. The van der Waals surface area contributed by atoms with Crippen LogP contribution in [0, 0.1) is 0 Å². The number of carbonyl (C=O) groups excluding carboxylic acids is 1. The van der Waals surface area contributed by atoms with Crippen molar-refractivity contribution < 1.29 is 23.0 Å². The van der Waals surface area contributed by atoms with Crippen LogP contribution in [0.4, 0.5) is 14.5 Å². The third kappa shape index (κ3) is 3.74. The number of amides is 1. The second kappa shape index (κ2) is 8.17. The molecule has 11 heteroatoms. The molecule has 2 atom stereocenters. The van der Waals surface area contributed by atoms with E-state index in [2.05, 4.69) is 21.0 Å². The fourth-order valence-corrected chi connectivity index (χ4v) is 5.97. The maximum atomic E-state index is 14.0. The average molecular weight is 533 g/mol. The predicted octanol–water partition coefficient (Wildman–Crippen LogP) is 4.51. The zero-order chi connectivity index (χ0) is 27.1. The maximum Gasteiger partial charge on any atom is 0.319 e. The SMILES string of the molecule is COc1ncc(-c2cc([C@H]3C[C@@H]3c3ccc4c(c3)N(CC(C)(F)F)C(=O)C43CC3)c3nccn3n2)c(OC)n1. The standard InChI is InChI=1S/C28H26F2N6O3/c1-27(29,30)14-35-22-10-15(4-5-20(22)28(6-7-28)25(35)37)16-11-17(16)18-12-21(34-36-9-8-31-23(18)36)19-13-32-26(39-3)33-24(19)38-2/h4-5,8-10,12-13,16-17H,6-7,11,14H2,1-3H3/t16-,17+/m1/s1. The summed E-state index contributed by atoms with van der Waals surface area (Å²) in [4.78, 5) is 27.5. The van der Waals surface area contributed by atoms with Crippen molar-refractivity contribution in [1.82, 2.24) is 24.6 Å². The minimum atomic E-state index is -2.97. The largest absolute Gasteiger partial charge is 0.480 e. The van der Waals surface area contributed by atoms with Gasteiger partial charge in [-0.05, 0) is 54.4 Å². The monoisotopic (exact) mass is 532 g/mol. The molecule has 3 aromatic heterocycles. The van der Waals surface area contributed by atoms with Gasteiger partial charge >= 0.3 is 6.01 Å². The lowest BCUT2D eigenvalue weighted by molar-refractivity contribution is -0.121. The van der Waals surface area contributed by atoms with Gasteiger partial charge in [-0.3, -0.25) is 4.79 Å². The number of hydrogen-bond donors (Lipinski definition) is 0. The van der Waals surface area contributed by atoms with Gasteiger partial charge in [0.2, 0.25) is 11.8 Å². The molecule has 200 valence electrons. The number of ether oxygens (including phenoxy) is 2. The Morgan fingerprint density at radius 3 is 2.67 bits per heavy atom. The Hall–Kier alpha value is -4.15. The van der Waals surface area contributed by atoms with E-state index in [0.29, 0.717) is 35.7 Å². The van der Waals surface area contributed by atoms with Crippen molar-refractivity contribution in [2.75, 3.05) is 25.7 Å². The highest BCUT2D eigenvalue weighted by Gasteiger charge is 2.60. The number of methoxy groups -OCH3 is 2. The van der Waals surface area contributed by atoms with Crippen molar-refractivity contribution in [3.8, 4) is 23.1 Å². The van der Waals surface area contributed by atoms with Crippen molar-refractivity contribution in [2.24, 2.45) is 0 Å². The van der Waals surface area contributed by atoms with Gasteiger partial charge in [0.05, 0.1) is 37.4 Å². The van der Waals surface area contributed by atoms with E-state index in [4.69, 9.17) is 14.6 Å². The fourth-order valence-electron chi connectivity index (χ4n) is 5.97. The highest BCUT2D eigenvalue weighted by Crippen LogP contribution is 2.60. The summed E-state index contributed by atoms with van der Waals surface area (Å²) < 4.78 is 40.4. The van der Waals surface area contributed by atoms with E-state index in [-0.39, 0.29) is 23.8 Å². The van der Waals surface area contributed by atoms with Crippen LogP contribution in [0.25, 0.3) is 16.9 Å². The lowest BCUT2D eigenvalue weighted by Crippen LogP contribution is -2.39. The van der Waals surface area contributed by atoms with Gasteiger partial charge in [-0.25, -0.2) is 23.3 Å². The molecule has 3 aliphatic rings. The molecule has 1 aromatic carbocycles. The van der Waals surface area contributed by atoms with Gasteiger partial charge in [0.25, 0.3) is 5.92 Å². The minimum Gasteiger partial charge on any atom is -0.480 e. The van der Waals surface area contributed by atoms with E-state index in [1.54, 1.807) is 23.1 Å². The molecule has 2 saturated carbocycles. The predicted molar refractivity (Wildman–Crippen MR) is 138 cm³/mol. The van der Waals surface area contributed by atoms with Crippen LogP contribution in [-0.2, 0) is 10.2 Å². The molecule has 4 aromatic rings. The van der Waals surface area contributed by atoms with Gasteiger partial charge in [0, 0.05) is 36.8 Å². The van der Waals surface area contributed by atoms with Crippen LogP contribution in [0.1, 0.15) is 54.7 Å². The quantitative estimate of drug-likeness (QED) is 0.346. The van der Waals surface area contributed by atoms with Gasteiger partial charge in [0.1, 0.15) is 0 Å². The zero-order valence-corrected chi connectivity index (χ0v) is 21.7. The molecular formula is C28H26F2N6O3. The summed E-state index contributed by atoms with van der Waals surface area (Å²) in [5, 5.41) is 4.70. The Kier molecular flexibility index (Phi) is 5.02. The van der Waals surface area contributed by atoms with Crippen molar-refractivity contribution in [1.29, 1.82) is 0 Å². The van der Waals surface area contributed by atoms with E-state index in [1.165, 1.54) is 19.1 Å². The molecule has 0 radical (unpaired) electrons. The van der Waals surface area contributed by atoms with Crippen LogP contribution < -0.4 is 14.4 Å². The van der Waals surface area contributed by atoms with Crippen LogP contribution in [-0.4, -0.2) is 57.2 Å². The number of nitrogens with zero attached hydrogens (tertiary/aromatic N) is 6. The lowest BCUT2D eigenvalue weighted by atomic mass is 9.95. The first-order valence-electron chi connectivity index (χ1n) is 12.9. The smallest absolute Gasteiger partial charge is 0.319 e. The Balaban J connectivity index is 1.25. The van der Waals surface area contributed by atoms with Crippen LogP contribution in [0.5, 0.6) is 11.9 Å². The van der Waals surface area contributed by atoms with Crippen LogP contribution in [0.3, 0.4) is 0 Å². The van der Waals surface area contributed by atoms with Crippen molar-refractivity contribution in [2.45, 2.75) is 49.4 Å². The Morgan fingerprint density at radius 2 is 1.95 bits per heavy atom. The summed E-state index contributed by atoms with van der Waals surface area (Å²) in [6.07, 6.45) is 7.40. The summed E-state index contributed by atoms with van der Waals surface area (Å²) in [6.45, 7) is 0.255. The third-order valence-corrected chi connectivity index (χ3v) is 8.06. The number of benzene rings is 1. The fraction of sp³-hybridized carbons (Fsp3) is 0.393. The number of hydrogen-bond acceptors (Lipinski definition) is 7. The molecule has 4 heterocycles. The van der Waals surface area contributed by atoms with Gasteiger partial charge in [0.15, 0.2) is 5.65 Å². The average Bonchev–Trinajstić information content (AvgIpc) is 3.84. The van der Waals surface area contributed by atoms with Gasteiger partial charge in [-0.1, -0.05) is 12.1 Å². The molecule has 0 unspecified atom stereocenters. The zero-order valence-electron chi connectivity index (χ0n) is 21.7. The normalized spacial score (nSPS) is 20.9. The molecule has 39 heavy (non-hydrogen) atoms. The number of aromatic nitrogens is 5. The number of anilines is 1. The molecule has 0 N–H and O–H groups in total. The Bertz CT molecular complexity index is 1640. The third-order valence-electron chi connectivity index (χ3n) is 8.06. The van der Waals surface area contributed by atoms with E-state index < -0.39 is 17.9 Å². The van der Waals surface area contributed by atoms with Crippen molar-refractivity contribution in [3.05, 3.63) is 59.5 Å². The topological polar surface area (TPSA) is 94.7 Å². The second-order valence-electron chi connectivity index (χ2n) is 10.7. The summed E-state index contributed by atoms with van der Waals surface area (Å²) in [5.74, 6) is -2.52. The highest BCUT2D eigenvalue weighted by atomic mass is 19.3. The molecular weight excluding hydrogens is 506 g/mol. The van der Waals surface area contributed by atoms with Crippen LogP contribution >= 0.6 is 0 Å². The maximum absolute atomic E-state index is 14.0. The van der Waals surface area contributed by atoms with E-state index in [1.807, 2.05) is 18.2 Å². The molecule has 1 amide bonds. The first kappa shape index (κ1) is 23.9. The molecule has 7 rings (SSSR count). The van der Waals surface area contributed by atoms with Crippen molar-refractivity contribution >= 4 is 17.2 Å². The minimum absolute atomic E-state index is 0.146. The van der Waals surface area contributed by atoms with Crippen LogP contribution in [0.15, 0.2) is 42.9 Å². The van der Waals surface area contributed by atoms with Gasteiger partial charge < -0.3 is 14.4 Å². The molecule has 9 nitrogen and oxygen atoms in total. The number of fused-ring (bicyclic) bond motifs is 3.